The van der Waals surface area contributed by atoms with Crippen LogP contribution in [-0.2, 0) is 14.6 Å². The lowest BCUT2D eigenvalue weighted by atomic mass is 10.1. The predicted octanol–water partition coefficient (Wildman–Crippen LogP) is 0.632. The van der Waals surface area contributed by atoms with Gasteiger partial charge in [0, 0.05) is 31.7 Å². The van der Waals surface area contributed by atoms with Gasteiger partial charge < -0.3 is 15.0 Å². The first-order chi connectivity index (χ1) is 10.0. The van der Waals surface area contributed by atoms with Gasteiger partial charge in [-0.1, -0.05) is 0 Å². The lowest BCUT2D eigenvalue weighted by Gasteiger charge is -2.26. The first kappa shape index (κ1) is 15.1. The fraction of sp³-hybridized carbons (Fsp3) is 0.929. The van der Waals surface area contributed by atoms with Gasteiger partial charge in [-0.2, -0.15) is 0 Å². The second-order valence-corrected chi connectivity index (χ2v) is 8.80. The highest BCUT2D eigenvalue weighted by molar-refractivity contribution is 7.91. The third-order valence-corrected chi connectivity index (χ3v) is 6.43. The maximum Gasteiger partial charge on any atom is 0.317 e. The van der Waals surface area contributed by atoms with Crippen LogP contribution in [0.5, 0.6) is 0 Å². The molecule has 120 valence electrons. The second kappa shape index (κ2) is 6.12. The number of ether oxygens (including phenoxy) is 1. The van der Waals surface area contributed by atoms with Crippen molar-refractivity contribution in [3.8, 4) is 0 Å². The molecule has 2 aliphatic heterocycles. The zero-order valence-corrected chi connectivity index (χ0v) is 13.1. The van der Waals surface area contributed by atoms with Crippen LogP contribution in [0.3, 0.4) is 0 Å². The molecule has 0 aromatic carbocycles. The predicted molar refractivity (Wildman–Crippen MR) is 78.8 cm³/mol. The number of urea groups is 1. The van der Waals surface area contributed by atoms with Crippen LogP contribution >= 0.6 is 0 Å². The quantitative estimate of drug-likeness (QED) is 0.807. The van der Waals surface area contributed by atoms with E-state index in [9.17, 15) is 13.2 Å². The summed E-state index contributed by atoms with van der Waals surface area (Å²) in [5, 5.41) is 2.94. The van der Waals surface area contributed by atoms with E-state index >= 15 is 0 Å². The van der Waals surface area contributed by atoms with Crippen molar-refractivity contribution in [3.05, 3.63) is 0 Å². The van der Waals surface area contributed by atoms with Crippen LogP contribution in [0.25, 0.3) is 0 Å². The number of rotatable bonds is 5. The van der Waals surface area contributed by atoms with Crippen molar-refractivity contribution in [2.24, 2.45) is 11.8 Å². The van der Waals surface area contributed by atoms with Crippen LogP contribution in [-0.4, -0.2) is 63.2 Å². The number of amides is 2. The van der Waals surface area contributed by atoms with E-state index in [0.717, 1.165) is 39.0 Å². The Labute approximate surface area is 126 Å². The molecule has 0 aromatic rings. The molecule has 0 bridgehead atoms. The van der Waals surface area contributed by atoms with Crippen molar-refractivity contribution in [2.45, 2.75) is 31.7 Å². The summed E-state index contributed by atoms with van der Waals surface area (Å²) in [4.78, 5) is 14.3. The van der Waals surface area contributed by atoms with Crippen LogP contribution < -0.4 is 5.32 Å². The van der Waals surface area contributed by atoms with Crippen LogP contribution in [0, 0.1) is 11.8 Å². The zero-order valence-electron chi connectivity index (χ0n) is 12.3. The number of sulfone groups is 1. The van der Waals surface area contributed by atoms with E-state index in [1.165, 1.54) is 0 Å². The molecule has 0 unspecified atom stereocenters. The van der Waals surface area contributed by atoms with E-state index in [4.69, 9.17) is 4.74 Å². The molecule has 0 radical (unpaired) electrons. The number of nitrogens with zero attached hydrogens (tertiary/aromatic N) is 1. The first-order valence-corrected chi connectivity index (χ1v) is 9.68. The number of hydrogen-bond acceptors (Lipinski definition) is 4. The second-order valence-electron chi connectivity index (χ2n) is 6.57. The normalized spacial score (nSPS) is 31.2. The van der Waals surface area contributed by atoms with E-state index in [2.05, 4.69) is 5.32 Å². The van der Waals surface area contributed by atoms with Gasteiger partial charge in [0.15, 0.2) is 9.84 Å². The maximum absolute atomic E-state index is 12.4. The Hall–Kier alpha value is -0.820. The van der Waals surface area contributed by atoms with Crippen molar-refractivity contribution in [3.63, 3.8) is 0 Å². The third kappa shape index (κ3) is 4.10. The molecule has 2 saturated heterocycles. The largest absolute Gasteiger partial charge is 0.381 e. The summed E-state index contributed by atoms with van der Waals surface area (Å²) in [7, 11) is -2.87. The molecule has 1 saturated carbocycles. The highest BCUT2D eigenvalue weighted by atomic mass is 32.2. The fourth-order valence-corrected chi connectivity index (χ4v) is 5.02. The molecule has 0 spiro atoms. The van der Waals surface area contributed by atoms with E-state index in [-0.39, 0.29) is 23.5 Å². The van der Waals surface area contributed by atoms with Gasteiger partial charge >= 0.3 is 6.03 Å². The van der Waals surface area contributed by atoms with E-state index in [0.29, 0.717) is 24.9 Å². The minimum absolute atomic E-state index is 0.0336. The van der Waals surface area contributed by atoms with E-state index < -0.39 is 9.84 Å². The van der Waals surface area contributed by atoms with Crippen molar-refractivity contribution in [2.75, 3.05) is 37.8 Å². The smallest absolute Gasteiger partial charge is 0.317 e. The molecule has 3 rings (SSSR count). The van der Waals surface area contributed by atoms with Gasteiger partial charge in [0.05, 0.1) is 18.1 Å². The molecular weight excluding hydrogens is 292 g/mol. The number of carbonyl (C=O) groups excluding carboxylic acids is 1. The van der Waals surface area contributed by atoms with Gasteiger partial charge in [0.2, 0.25) is 0 Å². The Kier molecular flexibility index (Phi) is 4.40. The summed E-state index contributed by atoms with van der Waals surface area (Å²) in [5.74, 6) is 1.00. The molecule has 0 aromatic heterocycles. The average Bonchev–Trinajstić information content (AvgIpc) is 3.03. The Bertz CT molecular complexity index is 483. The molecule has 2 heterocycles. The van der Waals surface area contributed by atoms with Crippen LogP contribution in [0.2, 0.25) is 0 Å². The summed E-state index contributed by atoms with van der Waals surface area (Å²) in [6.07, 6.45) is 3.86. The van der Waals surface area contributed by atoms with Gasteiger partial charge in [0.1, 0.15) is 0 Å². The molecule has 6 nitrogen and oxygen atoms in total. The monoisotopic (exact) mass is 316 g/mol. The van der Waals surface area contributed by atoms with Crippen molar-refractivity contribution in [1.29, 1.82) is 0 Å². The molecule has 3 aliphatic rings. The number of carbonyl (C=O) groups is 1. The summed E-state index contributed by atoms with van der Waals surface area (Å²) in [6.45, 7) is 2.78. The Morgan fingerprint density at radius 1 is 1.19 bits per heavy atom. The lowest BCUT2D eigenvalue weighted by molar-refractivity contribution is 0.161. The van der Waals surface area contributed by atoms with Crippen molar-refractivity contribution < 1.29 is 17.9 Å². The fourth-order valence-electron chi connectivity index (χ4n) is 3.16. The zero-order chi connectivity index (χ0) is 14.9. The Morgan fingerprint density at radius 3 is 2.57 bits per heavy atom. The molecule has 7 heteroatoms. The summed E-state index contributed by atoms with van der Waals surface area (Å²) in [6, 6.07) is 0.339. The summed E-state index contributed by atoms with van der Waals surface area (Å²) in [5.41, 5.74) is 0. The summed E-state index contributed by atoms with van der Waals surface area (Å²) >= 11 is 0. The van der Waals surface area contributed by atoms with Crippen LogP contribution in [0.15, 0.2) is 0 Å². The molecule has 3 fully saturated rings. The minimum Gasteiger partial charge on any atom is -0.381 e. The highest BCUT2D eigenvalue weighted by Gasteiger charge is 2.35. The van der Waals surface area contributed by atoms with Crippen molar-refractivity contribution in [1.82, 2.24) is 10.2 Å². The third-order valence-electron chi connectivity index (χ3n) is 4.60. The van der Waals surface area contributed by atoms with E-state index in [1.807, 2.05) is 4.90 Å². The average molecular weight is 316 g/mol. The molecule has 2 atom stereocenters. The standard InChI is InChI=1S/C14H24N2O4S/c17-14(15-7-11-4-6-21(18,19)10-11)16(13-1-2-13)8-12-3-5-20-9-12/h11-13H,1-10H2,(H,15,17)/t11-,12+/m1/s1. The Balaban J connectivity index is 1.48. The van der Waals surface area contributed by atoms with Gasteiger partial charge in [-0.15, -0.1) is 0 Å². The number of nitrogens with one attached hydrogen (secondary N) is 1. The molecule has 2 amide bonds. The Morgan fingerprint density at radius 2 is 2.00 bits per heavy atom. The summed E-state index contributed by atoms with van der Waals surface area (Å²) < 4.78 is 28.2. The first-order valence-electron chi connectivity index (χ1n) is 7.86. The van der Waals surface area contributed by atoms with Crippen LogP contribution in [0.1, 0.15) is 25.7 Å². The lowest BCUT2D eigenvalue weighted by Crippen LogP contribution is -2.45. The van der Waals surface area contributed by atoms with Gasteiger partial charge in [-0.05, 0) is 31.6 Å². The van der Waals surface area contributed by atoms with Gasteiger partial charge in [-0.3, -0.25) is 0 Å². The van der Waals surface area contributed by atoms with E-state index in [1.54, 1.807) is 0 Å². The van der Waals surface area contributed by atoms with Crippen molar-refractivity contribution >= 4 is 15.9 Å². The maximum atomic E-state index is 12.4. The molecular formula is C14H24N2O4S. The van der Waals surface area contributed by atoms with Gasteiger partial charge in [0.25, 0.3) is 0 Å². The molecule has 1 N–H and O–H groups in total. The molecule has 1 aliphatic carbocycles. The number of hydrogen-bond donors (Lipinski definition) is 1. The minimum atomic E-state index is -2.87. The highest BCUT2D eigenvalue weighted by Crippen LogP contribution is 2.29. The molecule has 21 heavy (non-hydrogen) atoms. The SMILES string of the molecule is O=C(NC[C@H]1CCS(=O)(=O)C1)N(C[C@@H]1CCOC1)C1CC1. The van der Waals surface area contributed by atoms with Crippen LogP contribution in [0.4, 0.5) is 4.79 Å². The van der Waals surface area contributed by atoms with Gasteiger partial charge in [-0.25, -0.2) is 13.2 Å². The topological polar surface area (TPSA) is 75.7 Å².